The topological polar surface area (TPSA) is 29.5 Å². The van der Waals surface area contributed by atoms with Gasteiger partial charge in [0, 0.05) is 18.7 Å². The lowest BCUT2D eigenvalue weighted by atomic mass is 10.0. The van der Waals surface area contributed by atoms with E-state index in [1.165, 1.54) is 0 Å². The molecular formula is C16H22ClNO2. The highest BCUT2D eigenvalue weighted by atomic mass is 35.5. The summed E-state index contributed by atoms with van der Waals surface area (Å²) in [5.41, 5.74) is 2.52. The van der Waals surface area contributed by atoms with Crippen molar-refractivity contribution in [1.82, 2.24) is 4.90 Å². The van der Waals surface area contributed by atoms with Crippen molar-refractivity contribution in [2.45, 2.75) is 39.4 Å². The minimum atomic E-state index is -0.356. The molecule has 0 aromatic heterocycles. The lowest BCUT2D eigenvalue weighted by Gasteiger charge is -2.42. The van der Waals surface area contributed by atoms with Gasteiger partial charge in [-0.05, 0) is 39.3 Å². The van der Waals surface area contributed by atoms with Crippen LogP contribution in [0.2, 0.25) is 0 Å². The highest BCUT2D eigenvalue weighted by molar-refractivity contribution is 6.18. The summed E-state index contributed by atoms with van der Waals surface area (Å²) < 4.78 is 5.87. The number of ether oxygens (including phenoxy) is 1. The molecule has 3 nitrogen and oxygen atoms in total. The van der Waals surface area contributed by atoms with Crippen molar-refractivity contribution in [3.8, 4) is 0 Å². The van der Waals surface area contributed by atoms with Gasteiger partial charge in [-0.25, -0.2) is 0 Å². The Kier molecular flexibility index (Phi) is 4.40. The Morgan fingerprint density at radius 3 is 2.80 bits per heavy atom. The van der Waals surface area contributed by atoms with Crippen molar-refractivity contribution in [3.05, 3.63) is 34.9 Å². The van der Waals surface area contributed by atoms with Gasteiger partial charge < -0.3 is 9.64 Å². The molecule has 4 heteroatoms. The Hall–Kier alpha value is -1.06. The summed E-state index contributed by atoms with van der Waals surface area (Å²) in [6.45, 7) is 9.11. The van der Waals surface area contributed by atoms with Crippen LogP contribution in [0, 0.1) is 13.8 Å². The number of morpholine rings is 1. The van der Waals surface area contributed by atoms with Crippen molar-refractivity contribution in [1.29, 1.82) is 0 Å². The van der Waals surface area contributed by atoms with E-state index in [1.54, 1.807) is 0 Å². The van der Waals surface area contributed by atoms with Crippen LogP contribution in [-0.2, 0) is 4.74 Å². The number of halogens is 1. The first-order chi connectivity index (χ1) is 9.32. The average molecular weight is 296 g/mol. The predicted molar refractivity (Wildman–Crippen MR) is 81.5 cm³/mol. The summed E-state index contributed by atoms with van der Waals surface area (Å²) in [5, 5.41) is 0. The first-order valence-electron chi connectivity index (χ1n) is 6.93. The Balaban J connectivity index is 2.25. The molecule has 1 aliphatic heterocycles. The minimum Gasteiger partial charge on any atom is -0.367 e. The standard InChI is InChI=1S/C16H22ClNO2/c1-11-5-6-12(2)14(7-11)15(19)18-9-13(8-17)20-16(3,4)10-18/h5-7,13H,8-10H2,1-4H3. The molecule has 20 heavy (non-hydrogen) atoms. The van der Waals surface area contributed by atoms with Gasteiger partial charge in [0.15, 0.2) is 0 Å². The van der Waals surface area contributed by atoms with Gasteiger partial charge in [-0.1, -0.05) is 17.7 Å². The molecule has 0 saturated carbocycles. The van der Waals surface area contributed by atoms with Gasteiger partial charge in [0.05, 0.1) is 17.6 Å². The minimum absolute atomic E-state index is 0.0673. The number of carbonyl (C=O) groups is 1. The molecule has 1 aliphatic rings. The van der Waals surface area contributed by atoms with Crippen LogP contribution in [0.15, 0.2) is 18.2 Å². The Labute approximate surface area is 125 Å². The van der Waals surface area contributed by atoms with Gasteiger partial charge in [0.25, 0.3) is 5.91 Å². The zero-order valence-electron chi connectivity index (χ0n) is 12.6. The normalized spacial score (nSPS) is 21.9. The van der Waals surface area contributed by atoms with E-state index in [4.69, 9.17) is 16.3 Å². The van der Waals surface area contributed by atoms with Gasteiger partial charge >= 0.3 is 0 Å². The molecule has 0 spiro atoms. The second-order valence-electron chi connectivity index (χ2n) is 6.16. The smallest absolute Gasteiger partial charge is 0.254 e. The van der Waals surface area contributed by atoms with E-state index in [9.17, 15) is 4.79 Å². The molecule has 110 valence electrons. The maximum absolute atomic E-state index is 12.7. The highest BCUT2D eigenvalue weighted by Crippen LogP contribution is 2.24. The van der Waals surface area contributed by atoms with Gasteiger partial charge in [-0.3, -0.25) is 4.79 Å². The van der Waals surface area contributed by atoms with E-state index in [-0.39, 0.29) is 17.6 Å². The molecule has 1 atom stereocenters. The summed E-state index contributed by atoms with van der Waals surface area (Å²) in [5.74, 6) is 0.470. The summed E-state index contributed by atoms with van der Waals surface area (Å²) in [7, 11) is 0. The van der Waals surface area contributed by atoms with Crippen molar-refractivity contribution in [3.63, 3.8) is 0 Å². The van der Waals surface area contributed by atoms with Crippen molar-refractivity contribution < 1.29 is 9.53 Å². The summed E-state index contributed by atoms with van der Waals surface area (Å²) in [4.78, 5) is 14.6. The number of rotatable bonds is 2. The van der Waals surface area contributed by atoms with E-state index < -0.39 is 0 Å². The van der Waals surface area contributed by atoms with Gasteiger partial charge in [0.1, 0.15) is 0 Å². The van der Waals surface area contributed by atoms with Crippen LogP contribution in [0.1, 0.15) is 35.3 Å². The van der Waals surface area contributed by atoms with E-state index in [2.05, 4.69) is 0 Å². The second-order valence-corrected chi connectivity index (χ2v) is 6.47. The van der Waals surface area contributed by atoms with Gasteiger partial charge in [-0.2, -0.15) is 0 Å². The zero-order valence-corrected chi connectivity index (χ0v) is 13.3. The van der Waals surface area contributed by atoms with Crippen LogP contribution in [-0.4, -0.2) is 41.5 Å². The SMILES string of the molecule is Cc1ccc(C)c(C(=O)N2CC(CCl)OC(C)(C)C2)c1. The lowest BCUT2D eigenvalue weighted by Crippen LogP contribution is -2.55. The number of amides is 1. The van der Waals surface area contributed by atoms with Crippen LogP contribution < -0.4 is 0 Å². The Morgan fingerprint density at radius 1 is 1.45 bits per heavy atom. The number of benzene rings is 1. The third-order valence-electron chi connectivity index (χ3n) is 3.56. The maximum Gasteiger partial charge on any atom is 0.254 e. The van der Waals surface area contributed by atoms with E-state index in [0.717, 1.165) is 16.7 Å². The molecule has 1 amide bonds. The largest absolute Gasteiger partial charge is 0.367 e. The van der Waals surface area contributed by atoms with Crippen LogP contribution >= 0.6 is 11.6 Å². The zero-order chi connectivity index (χ0) is 14.9. The summed E-state index contributed by atoms with van der Waals surface area (Å²) in [6.07, 6.45) is -0.102. The third kappa shape index (κ3) is 3.33. The second kappa shape index (κ2) is 5.74. The van der Waals surface area contributed by atoms with Crippen LogP contribution in [0.4, 0.5) is 0 Å². The predicted octanol–water partition coefficient (Wildman–Crippen LogP) is 3.16. The summed E-state index contributed by atoms with van der Waals surface area (Å²) in [6, 6.07) is 5.97. The summed E-state index contributed by atoms with van der Waals surface area (Å²) >= 11 is 5.92. The number of alkyl halides is 1. The van der Waals surface area contributed by atoms with Gasteiger partial charge in [0.2, 0.25) is 0 Å². The Morgan fingerprint density at radius 2 is 2.15 bits per heavy atom. The quantitative estimate of drug-likeness (QED) is 0.784. The fourth-order valence-electron chi connectivity index (χ4n) is 2.67. The highest BCUT2D eigenvalue weighted by Gasteiger charge is 2.35. The van der Waals surface area contributed by atoms with E-state index in [1.807, 2.05) is 50.8 Å². The fraction of sp³-hybridized carbons (Fsp3) is 0.562. The van der Waals surface area contributed by atoms with Crippen LogP contribution in [0.25, 0.3) is 0 Å². The number of nitrogens with zero attached hydrogens (tertiary/aromatic N) is 1. The molecule has 0 radical (unpaired) electrons. The van der Waals surface area contributed by atoms with Gasteiger partial charge in [-0.15, -0.1) is 11.6 Å². The van der Waals surface area contributed by atoms with Crippen LogP contribution in [0.3, 0.4) is 0 Å². The number of aryl methyl sites for hydroxylation is 2. The molecule has 0 aliphatic carbocycles. The molecule has 1 aromatic carbocycles. The molecule has 1 saturated heterocycles. The molecule has 0 bridgehead atoms. The third-order valence-corrected chi connectivity index (χ3v) is 3.91. The molecule has 1 aromatic rings. The first-order valence-corrected chi connectivity index (χ1v) is 7.46. The van der Waals surface area contributed by atoms with Crippen molar-refractivity contribution in [2.75, 3.05) is 19.0 Å². The molecule has 1 fully saturated rings. The lowest BCUT2D eigenvalue weighted by molar-refractivity contribution is -0.117. The van der Waals surface area contributed by atoms with Crippen molar-refractivity contribution >= 4 is 17.5 Å². The maximum atomic E-state index is 12.7. The first kappa shape index (κ1) is 15.3. The van der Waals surface area contributed by atoms with Crippen molar-refractivity contribution in [2.24, 2.45) is 0 Å². The van der Waals surface area contributed by atoms with E-state index in [0.29, 0.717) is 19.0 Å². The number of carbonyl (C=O) groups excluding carboxylic acids is 1. The Bertz CT molecular complexity index is 513. The molecule has 0 N–H and O–H groups in total. The monoisotopic (exact) mass is 295 g/mol. The molecular weight excluding hydrogens is 274 g/mol. The number of hydrogen-bond acceptors (Lipinski definition) is 2. The number of hydrogen-bond donors (Lipinski definition) is 0. The fourth-order valence-corrected chi connectivity index (χ4v) is 2.83. The molecule has 1 heterocycles. The molecule has 1 unspecified atom stereocenters. The average Bonchev–Trinajstić information content (AvgIpc) is 2.38. The van der Waals surface area contributed by atoms with Crippen LogP contribution in [0.5, 0.6) is 0 Å². The molecule has 2 rings (SSSR count). The van der Waals surface area contributed by atoms with E-state index >= 15 is 0 Å².